The molecule has 2 saturated carbocycles. The SMILES string of the molecule is CC1(C)C2CCC1(COC(=O)NCc1ccc3c(c1)C(=O)N(C1CCC(=O)NC1=O)C3)CC2. The van der Waals surface area contributed by atoms with Gasteiger partial charge >= 0.3 is 6.09 Å². The number of rotatable bonds is 5. The molecule has 2 N–H and O–H groups in total. The van der Waals surface area contributed by atoms with Crippen LogP contribution in [0.15, 0.2) is 18.2 Å². The van der Waals surface area contributed by atoms with Crippen LogP contribution in [0.25, 0.3) is 0 Å². The summed E-state index contributed by atoms with van der Waals surface area (Å²) >= 11 is 0. The van der Waals surface area contributed by atoms with Crippen molar-refractivity contribution in [2.24, 2.45) is 16.7 Å². The summed E-state index contributed by atoms with van der Waals surface area (Å²) in [6.07, 6.45) is 4.81. The first-order valence-electron chi connectivity index (χ1n) is 11.9. The lowest BCUT2D eigenvalue weighted by atomic mass is 9.70. The first-order chi connectivity index (χ1) is 15.7. The molecule has 8 heteroatoms. The van der Waals surface area contributed by atoms with Crippen LogP contribution in [0.3, 0.4) is 0 Å². The third-order valence-corrected chi connectivity index (χ3v) is 8.84. The molecule has 0 radical (unpaired) electrons. The molecule has 33 heavy (non-hydrogen) atoms. The molecule has 1 unspecified atom stereocenters. The van der Waals surface area contributed by atoms with Gasteiger partial charge < -0.3 is 15.0 Å². The Labute approximate surface area is 193 Å². The minimum absolute atomic E-state index is 0.0917. The average Bonchev–Trinajstić information content (AvgIpc) is 3.34. The minimum Gasteiger partial charge on any atom is -0.449 e. The molecule has 1 aromatic carbocycles. The third kappa shape index (κ3) is 3.60. The van der Waals surface area contributed by atoms with Gasteiger partial charge in [-0.15, -0.1) is 0 Å². The van der Waals surface area contributed by atoms with E-state index >= 15 is 0 Å². The van der Waals surface area contributed by atoms with Gasteiger partial charge in [-0.1, -0.05) is 26.0 Å². The Morgan fingerprint density at radius 1 is 1.18 bits per heavy atom. The number of nitrogens with one attached hydrogen (secondary N) is 2. The van der Waals surface area contributed by atoms with Gasteiger partial charge in [-0.2, -0.15) is 0 Å². The van der Waals surface area contributed by atoms with Crippen molar-refractivity contribution in [1.82, 2.24) is 15.5 Å². The summed E-state index contributed by atoms with van der Waals surface area (Å²) in [4.78, 5) is 50.5. The lowest BCUT2D eigenvalue weighted by Crippen LogP contribution is -2.52. The maximum atomic E-state index is 12.9. The highest BCUT2D eigenvalue weighted by Gasteiger charge is 2.59. The number of piperidine rings is 1. The van der Waals surface area contributed by atoms with E-state index in [2.05, 4.69) is 24.5 Å². The number of imide groups is 1. The molecule has 2 aliphatic carbocycles. The van der Waals surface area contributed by atoms with Crippen molar-refractivity contribution >= 4 is 23.8 Å². The second-order valence-electron chi connectivity index (χ2n) is 10.6. The zero-order chi connectivity index (χ0) is 23.4. The van der Waals surface area contributed by atoms with Gasteiger partial charge in [0.1, 0.15) is 6.04 Å². The molecule has 2 heterocycles. The zero-order valence-corrected chi connectivity index (χ0v) is 19.2. The second kappa shape index (κ2) is 7.85. The van der Waals surface area contributed by atoms with E-state index in [-0.39, 0.29) is 35.6 Å². The quantitative estimate of drug-likeness (QED) is 0.667. The van der Waals surface area contributed by atoms with Crippen molar-refractivity contribution in [1.29, 1.82) is 0 Å². The number of carbonyl (C=O) groups is 4. The first-order valence-corrected chi connectivity index (χ1v) is 11.9. The molecule has 1 saturated heterocycles. The smallest absolute Gasteiger partial charge is 0.407 e. The number of nitrogens with zero attached hydrogens (tertiary/aromatic N) is 1. The number of fused-ring (bicyclic) bond motifs is 3. The lowest BCUT2D eigenvalue weighted by Gasteiger charge is -2.37. The van der Waals surface area contributed by atoms with Gasteiger partial charge in [0.15, 0.2) is 0 Å². The maximum absolute atomic E-state index is 12.9. The third-order valence-electron chi connectivity index (χ3n) is 8.84. The minimum atomic E-state index is -0.631. The lowest BCUT2D eigenvalue weighted by molar-refractivity contribution is -0.136. The largest absolute Gasteiger partial charge is 0.449 e. The van der Waals surface area contributed by atoms with Crippen LogP contribution in [-0.2, 0) is 27.4 Å². The predicted octanol–water partition coefficient (Wildman–Crippen LogP) is 2.89. The first kappa shape index (κ1) is 21.9. The van der Waals surface area contributed by atoms with Crippen LogP contribution in [-0.4, -0.2) is 41.4 Å². The molecule has 4 amide bonds. The van der Waals surface area contributed by atoms with Crippen molar-refractivity contribution in [3.05, 3.63) is 34.9 Å². The number of hydrogen-bond donors (Lipinski definition) is 2. The second-order valence-corrected chi connectivity index (χ2v) is 10.6. The molecule has 176 valence electrons. The number of alkyl carbamates (subject to hydrolysis) is 1. The number of hydrogen-bond acceptors (Lipinski definition) is 5. The predicted molar refractivity (Wildman–Crippen MR) is 119 cm³/mol. The van der Waals surface area contributed by atoms with Crippen molar-refractivity contribution in [3.8, 4) is 0 Å². The summed E-state index contributed by atoms with van der Waals surface area (Å²) in [6, 6.07) is 4.87. The van der Waals surface area contributed by atoms with Crippen molar-refractivity contribution in [3.63, 3.8) is 0 Å². The molecule has 0 spiro atoms. The summed E-state index contributed by atoms with van der Waals surface area (Å²) in [5.74, 6) is -0.213. The zero-order valence-electron chi connectivity index (χ0n) is 19.2. The van der Waals surface area contributed by atoms with E-state index in [0.29, 0.717) is 25.1 Å². The standard InChI is InChI=1S/C25H31N3O5/c1-24(2)17-7-9-25(24,10-8-17)14-33-23(32)26-12-15-3-4-16-13-28(22(31)18(16)11-15)19-5-6-20(29)27-21(19)30/h3-4,11,17,19H,5-10,12-14H2,1-2H3,(H,26,32)(H,27,29,30). The number of amides is 4. The van der Waals surface area contributed by atoms with Crippen LogP contribution >= 0.6 is 0 Å². The van der Waals surface area contributed by atoms with Gasteiger partial charge in [0.05, 0.1) is 6.61 Å². The van der Waals surface area contributed by atoms with E-state index in [4.69, 9.17) is 4.74 Å². The van der Waals surface area contributed by atoms with Crippen molar-refractivity contribution < 1.29 is 23.9 Å². The molecular weight excluding hydrogens is 422 g/mol. The summed E-state index contributed by atoms with van der Waals surface area (Å²) in [5.41, 5.74) is 2.48. The number of carbonyl (C=O) groups excluding carboxylic acids is 4. The van der Waals surface area contributed by atoms with E-state index in [0.717, 1.165) is 29.9 Å². The molecule has 2 bridgehead atoms. The van der Waals surface area contributed by atoms with Gasteiger partial charge in [0.2, 0.25) is 11.8 Å². The molecule has 1 atom stereocenters. The monoisotopic (exact) mass is 453 g/mol. The Morgan fingerprint density at radius 2 is 1.94 bits per heavy atom. The highest BCUT2D eigenvalue weighted by Crippen LogP contribution is 2.65. The Morgan fingerprint density at radius 3 is 2.61 bits per heavy atom. The number of benzene rings is 1. The van der Waals surface area contributed by atoms with Crippen molar-refractivity contribution in [2.45, 2.75) is 71.5 Å². The highest BCUT2D eigenvalue weighted by molar-refractivity contribution is 6.05. The van der Waals surface area contributed by atoms with Crippen LogP contribution in [0.2, 0.25) is 0 Å². The van der Waals surface area contributed by atoms with Crippen LogP contribution in [0.5, 0.6) is 0 Å². The van der Waals surface area contributed by atoms with Gasteiger partial charge in [-0.05, 0) is 60.6 Å². The van der Waals surface area contributed by atoms with E-state index in [1.165, 1.54) is 17.7 Å². The van der Waals surface area contributed by atoms with E-state index in [1.807, 2.05) is 12.1 Å². The molecule has 4 aliphatic rings. The molecule has 2 aliphatic heterocycles. The van der Waals surface area contributed by atoms with Crippen LogP contribution in [0.4, 0.5) is 4.79 Å². The molecule has 8 nitrogen and oxygen atoms in total. The summed E-state index contributed by atoms with van der Waals surface area (Å²) in [5, 5.41) is 5.12. The Bertz CT molecular complexity index is 1020. The Balaban J connectivity index is 1.17. The summed E-state index contributed by atoms with van der Waals surface area (Å²) in [6.45, 7) is 5.66. The molecule has 0 aromatic heterocycles. The summed E-state index contributed by atoms with van der Waals surface area (Å²) < 4.78 is 5.64. The van der Waals surface area contributed by atoms with Crippen LogP contribution < -0.4 is 10.6 Å². The van der Waals surface area contributed by atoms with Gasteiger partial charge in [0.25, 0.3) is 5.91 Å². The Kier molecular flexibility index (Phi) is 5.21. The fourth-order valence-corrected chi connectivity index (χ4v) is 6.44. The van der Waals surface area contributed by atoms with Crippen LogP contribution in [0, 0.1) is 16.7 Å². The normalized spacial score (nSPS) is 29.8. The highest BCUT2D eigenvalue weighted by atomic mass is 16.5. The fraction of sp³-hybridized carbons (Fsp3) is 0.600. The summed E-state index contributed by atoms with van der Waals surface area (Å²) in [7, 11) is 0. The molecular formula is C25H31N3O5. The fourth-order valence-electron chi connectivity index (χ4n) is 6.44. The van der Waals surface area contributed by atoms with E-state index in [1.54, 1.807) is 6.07 Å². The van der Waals surface area contributed by atoms with Crippen LogP contribution in [0.1, 0.15) is 73.9 Å². The topological polar surface area (TPSA) is 105 Å². The van der Waals surface area contributed by atoms with Gasteiger partial charge in [0, 0.05) is 30.5 Å². The van der Waals surface area contributed by atoms with Gasteiger partial charge in [-0.3, -0.25) is 19.7 Å². The average molecular weight is 454 g/mol. The number of ether oxygens (including phenoxy) is 1. The van der Waals surface area contributed by atoms with Gasteiger partial charge in [-0.25, -0.2) is 4.79 Å². The molecule has 5 rings (SSSR count). The van der Waals surface area contributed by atoms with E-state index in [9.17, 15) is 19.2 Å². The Hall–Kier alpha value is -2.90. The molecule has 3 fully saturated rings. The maximum Gasteiger partial charge on any atom is 0.407 e. The molecule has 1 aromatic rings. The van der Waals surface area contributed by atoms with E-state index < -0.39 is 18.0 Å². The van der Waals surface area contributed by atoms with Crippen molar-refractivity contribution in [2.75, 3.05) is 6.61 Å².